The van der Waals surface area contributed by atoms with E-state index < -0.39 is 11.7 Å². The van der Waals surface area contributed by atoms with Gasteiger partial charge in [0.15, 0.2) is 11.5 Å². The van der Waals surface area contributed by atoms with Crippen LogP contribution in [0.1, 0.15) is 24.8 Å². The molecule has 27 heavy (non-hydrogen) atoms. The van der Waals surface area contributed by atoms with E-state index in [0.717, 1.165) is 16.7 Å². The van der Waals surface area contributed by atoms with Crippen molar-refractivity contribution in [3.63, 3.8) is 0 Å². The molecule has 3 aliphatic rings. The molecule has 4 atom stereocenters. The Morgan fingerprint density at radius 3 is 2.52 bits per heavy atom. The SMILES string of the molecule is C=CCC1=CC2(OC)OC(=O)C(C1=C)C(c1ccc(OC)c(OC)c1)C2C. The zero-order valence-electron chi connectivity index (χ0n) is 16.3. The number of fused-ring (bicyclic) bond motifs is 3. The standard InChI is InChI=1S/C22H26O5/c1-7-8-16-12-22(26-6)14(3)20(19(13(16)2)21(23)27-22)15-9-10-17(24-4)18(11-15)25-5/h7,9-12,14,19-20H,1-2,8H2,3-6H3. The summed E-state index contributed by atoms with van der Waals surface area (Å²) in [6, 6.07) is 5.73. The maximum Gasteiger partial charge on any atom is 0.316 e. The van der Waals surface area contributed by atoms with Crippen molar-refractivity contribution < 1.29 is 23.7 Å². The fourth-order valence-electron chi connectivity index (χ4n) is 4.23. The number of esters is 1. The summed E-state index contributed by atoms with van der Waals surface area (Å²) in [5.74, 6) is -0.985. The molecule has 1 fully saturated rings. The molecular formula is C22H26O5. The van der Waals surface area contributed by atoms with E-state index in [-0.39, 0.29) is 17.8 Å². The molecule has 2 heterocycles. The maximum absolute atomic E-state index is 12.9. The van der Waals surface area contributed by atoms with Gasteiger partial charge in [0.2, 0.25) is 5.79 Å². The van der Waals surface area contributed by atoms with Gasteiger partial charge in [-0.05, 0) is 41.3 Å². The van der Waals surface area contributed by atoms with Crippen LogP contribution in [-0.4, -0.2) is 33.1 Å². The predicted octanol–water partition coefficient (Wildman–Crippen LogP) is 4.01. The first-order chi connectivity index (χ1) is 12.9. The molecule has 144 valence electrons. The molecule has 0 aromatic heterocycles. The van der Waals surface area contributed by atoms with Gasteiger partial charge in [-0.25, -0.2) is 0 Å². The van der Waals surface area contributed by atoms with E-state index in [0.29, 0.717) is 17.9 Å². The van der Waals surface area contributed by atoms with Gasteiger partial charge in [-0.3, -0.25) is 4.79 Å². The molecule has 0 radical (unpaired) electrons. The molecule has 0 N–H and O–H groups in total. The highest BCUT2D eigenvalue weighted by Gasteiger charge is 2.56. The van der Waals surface area contributed by atoms with Crippen LogP contribution < -0.4 is 9.47 Å². The van der Waals surface area contributed by atoms with Crippen molar-refractivity contribution in [1.29, 1.82) is 0 Å². The summed E-state index contributed by atoms with van der Waals surface area (Å²) in [5.41, 5.74) is 2.64. The molecule has 0 spiro atoms. The summed E-state index contributed by atoms with van der Waals surface area (Å²) in [7, 11) is 4.75. The smallest absolute Gasteiger partial charge is 0.316 e. The average Bonchev–Trinajstić information content (AvgIpc) is 2.83. The van der Waals surface area contributed by atoms with Crippen molar-refractivity contribution in [3.8, 4) is 11.5 Å². The number of methoxy groups -OCH3 is 3. The lowest BCUT2D eigenvalue weighted by atomic mass is 9.71. The third kappa shape index (κ3) is 2.96. The summed E-state index contributed by atoms with van der Waals surface area (Å²) in [5, 5.41) is 0. The van der Waals surface area contributed by atoms with Gasteiger partial charge < -0.3 is 18.9 Å². The number of hydrogen-bond donors (Lipinski definition) is 0. The van der Waals surface area contributed by atoms with Crippen molar-refractivity contribution in [2.45, 2.75) is 25.0 Å². The molecule has 0 amide bonds. The van der Waals surface area contributed by atoms with Crippen LogP contribution in [-0.2, 0) is 14.3 Å². The lowest BCUT2D eigenvalue weighted by Crippen LogP contribution is -2.51. The van der Waals surface area contributed by atoms with Crippen LogP contribution in [0.4, 0.5) is 0 Å². The molecule has 2 aliphatic heterocycles. The zero-order chi connectivity index (χ0) is 19.8. The summed E-state index contributed by atoms with van der Waals surface area (Å²) in [6.45, 7) is 10.1. The largest absolute Gasteiger partial charge is 0.493 e. The first-order valence-corrected chi connectivity index (χ1v) is 8.94. The van der Waals surface area contributed by atoms with E-state index in [1.807, 2.05) is 31.2 Å². The van der Waals surface area contributed by atoms with Crippen molar-refractivity contribution in [2.24, 2.45) is 11.8 Å². The minimum absolute atomic E-state index is 0.123. The van der Waals surface area contributed by atoms with E-state index in [2.05, 4.69) is 13.2 Å². The normalized spacial score (nSPS) is 29.6. The van der Waals surface area contributed by atoms with E-state index in [4.69, 9.17) is 18.9 Å². The van der Waals surface area contributed by atoms with Gasteiger partial charge in [-0.1, -0.05) is 25.6 Å². The molecular weight excluding hydrogens is 344 g/mol. The second-order valence-electron chi connectivity index (χ2n) is 6.94. The first-order valence-electron chi connectivity index (χ1n) is 8.94. The number of hydrogen-bond acceptors (Lipinski definition) is 5. The molecule has 1 aliphatic carbocycles. The highest BCUT2D eigenvalue weighted by Crippen LogP contribution is 2.53. The van der Waals surface area contributed by atoms with E-state index in [1.54, 1.807) is 27.4 Å². The molecule has 5 heteroatoms. The van der Waals surface area contributed by atoms with Crippen molar-refractivity contribution >= 4 is 5.97 Å². The number of carbonyl (C=O) groups excluding carboxylic acids is 1. The molecule has 0 saturated carbocycles. The lowest BCUT2D eigenvalue weighted by molar-refractivity contribution is -0.239. The third-order valence-electron chi connectivity index (χ3n) is 5.69. The van der Waals surface area contributed by atoms with Gasteiger partial charge in [0.25, 0.3) is 0 Å². The van der Waals surface area contributed by atoms with Gasteiger partial charge in [-0.2, -0.15) is 0 Å². The molecule has 1 saturated heterocycles. The minimum Gasteiger partial charge on any atom is -0.493 e. The molecule has 1 aromatic rings. The Labute approximate surface area is 160 Å². The molecule has 1 aromatic carbocycles. The molecule has 5 nitrogen and oxygen atoms in total. The number of rotatable bonds is 6. The first kappa shape index (κ1) is 19.2. The second kappa shape index (κ2) is 7.24. The highest BCUT2D eigenvalue weighted by atomic mass is 16.7. The van der Waals surface area contributed by atoms with Crippen LogP contribution in [0.3, 0.4) is 0 Å². The fraction of sp³-hybridized carbons (Fsp3) is 0.409. The Hall–Kier alpha value is -2.53. The molecule has 4 unspecified atom stereocenters. The Kier molecular flexibility index (Phi) is 5.16. The Morgan fingerprint density at radius 1 is 1.22 bits per heavy atom. The van der Waals surface area contributed by atoms with E-state index >= 15 is 0 Å². The second-order valence-corrected chi connectivity index (χ2v) is 6.94. The van der Waals surface area contributed by atoms with Gasteiger partial charge >= 0.3 is 5.97 Å². The predicted molar refractivity (Wildman–Crippen MR) is 103 cm³/mol. The van der Waals surface area contributed by atoms with Crippen LogP contribution in [0.15, 0.2) is 54.7 Å². The quantitative estimate of drug-likeness (QED) is 0.559. The van der Waals surface area contributed by atoms with Crippen LogP contribution in [0.2, 0.25) is 0 Å². The topological polar surface area (TPSA) is 54.0 Å². The van der Waals surface area contributed by atoms with Crippen LogP contribution in [0, 0.1) is 11.8 Å². The zero-order valence-corrected chi connectivity index (χ0v) is 16.3. The number of allylic oxidation sites excluding steroid dienone is 2. The summed E-state index contributed by atoms with van der Waals surface area (Å²) >= 11 is 0. The van der Waals surface area contributed by atoms with Crippen LogP contribution in [0.5, 0.6) is 11.5 Å². The van der Waals surface area contributed by atoms with Gasteiger partial charge in [0.1, 0.15) is 0 Å². The molecule has 4 rings (SSSR count). The Balaban J connectivity index is 2.16. The van der Waals surface area contributed by atoms with Crippen LogP contribution >= 0.6 is 0 Å². The van der Waals surface area contributed by atoms with Crippen molar-refractivity contribution in [2.75, 3.05) is 21.3 Å². The fourth-order valence-corrected chi connectivity index (χ4v) is 4.23. The number of benzene rings is 1. The van der Waals surface area contributed by atoms with Crippen molar-refractivity contribution in [3.05, 3.63) is 60.2 Å². The Bertz CT molecular complexity index is 809. The van der Waals surface area contributed by atoms with Crippen LogP contribution in [0.25, 0.3) is 0 Å². The number of carbonyl (C=O) groups is 1. The summed E-state index contributed by atoms with van der Waals surface area (Å²) < 4.78 is 22.3. The van der Waals surface area contributed by atoms with Crippen molar-refractivity contribution in [1.82, 2.24) is 0 Å². The average molecular weight is 370 g/mol. The highest BCUT2D eigenvalue weighted by molar-refractivity contribution is 5.81. The number of ether oxygens (including phenoxy) is 4. The maximum atomic E-state index is 12.9. The van der Waals surface area contributed by atoms with E-state index in [9.17, 15) is 4.79 Å². The molecule has 2 bridgehead atoms. The Morgan fingerprint density at radius 2 is 1.93 bits per heavy atom. The third-order valence-corrected chi connectivity index (χ3v) is 5.69. The summed E-state index contributed by atoms with van der Waals surface area (Å²) in [6.07, 6.45) is 4.29. The van der Waals surface area contributed by atoms with Gasteiger partial charge in [-0.15, -0.1) is 6.58 Å². The lowest BCUT2D eigenvalue weighted by Gasteiger charge is -2.44. The van der Waals surface area contributed by atoms with Gasteiger partial charge in [0.05, 0.1) is 20.1 Å². The van der Waals surface area contributed by atoms with E-state index in [1.165, 1.54) is 0 Å². The minimum atomic E-state index is -1.14. The van der Waals surface area contributed by atoms with Gasteiger partial charge in [0, 0.05) is 18.9 Å². The monoisotopic (exact) mass is 370 g/mol. The summed E-state index contributed by atoms with van der Waals surface area (Å²) in [4.78, 5) is 12.9.